The molecular weight excluding hydrogens is 326 g/mol. The van der Waals surface area contributed by atoms with Gasteiger partial charge in [-0.15, -0.1) is 5.10 Å². The molecule has 7 nitrogen and oxygen atoms in total. The van der Waals surface area contributed by atoms with Gasteiger partial charge in [0.05, 0.1) is 35.2 Å². The third kappa shape index (κ3) is 3.50. The summed E-state index contributed by atoms with van der Waals surface area (Å²) in [6.07, 6.45) is 4.98. The zero-order chi connectivity index (χ0) is 17.2. The van der Waals surface area contributed by atoms with Crippen molar-refractivity contribution in [3.05, 3.63) is 65.7 Å². The van der Waals surface area contributed by atoms with Gasteiger partial charge in [-0.1, -0.05) is 11.3 Å². The van der Waals surface area contributed by atoms with Crippen LogP contribution in [0, 0.1) is 13.8 Å². The van der Waals surface area contributed by atoms with E-state index in [1.165, 1.54) is 0 Å². The molecule has 8 heteroatoms. The van der Waals surface area contributed by atoms with Crippen LogP contribution in [0.5, 0.6) is 0 Å². The zero-order valence-corrected chi connectivity index (χ0v) is 14.2. The minimum absolute atomic E-state index is 0.0650. The lowest BCUT2D eigenvalue weighted by Gasteiger charge is -2.07. The first-order valence-corrected chi connectivity index (χ1v) is 8.82. The molecule has 124 valence electrons. The summed E-state index contributed by atoms with van der Waals surface area (Å²) in [5.41, 5.74) is 3.26. The van der Waals surface area contributed by atoms with Crippen molar-refractivity contribution in [2.24, 2.45) is 0 Å². The predicted octanol–water partition coefficient (Wildman–Crippen LogP) is 1.76. The molecule has 0 aliphatic heterocycles. The first-order chi connectivity index (χ1) is 11.5. The maximum Gasteiger partial charge on any atom is 0.240 e. The van der Waals surface area contributed by atoms with Crippen LogP contribution in [-0.2, 0) is 16.6 Å². The number of pyridine rings is 1. The van der Waals surface area contributed by atoms with Gasteiger partial charge in [-0.05, 0) is 49.2 Å². The van der Waals surface area contributed by atoms with Gasteiger partial charge < -0.3 is 0 Å². The van der Waals surface area contributed by atoms with E-state index in [1.807, 2.05) is 19.9 Å². The average molecular weight is 343 g/mol. The summed E-state index contributed by atoms with van der Waals surface area (Å²) < 4.78 is 28.8. The molecule has 0 radical (unpaired) electrons. The fraction of sp³-hybridized carbons (Fsp3) is 0.188. The average Bonchev–Trinajstić information content (AvgIpc) is 3.05. The standard InChI is InChI=1S/C16H17N5O2S/c1-12-5-6-16(8-13(12)2)24(22,23)18-9-14-11-21(20-19-14)15-4-3-7-17-10-15/h3-8,10-11,18H,9H2,1-2H3. The number of aromatic nitrogens is 4. The quantitative estimate of drug-likeness (QED) is 0.762. The Morgan fingerprint density at radius 3 is 2.71 bits per heavy atom. The lowest BCUT2D eigenvalue weighted by Crippen LogP contribution is -2.23. The summed E-state index contributed by atoms with van der Waals surface area (Å²) in [6.45, 7) is 3.89. The van der Waals surface area contributed by atoms with Crippen LogP contribution >= 0.6 is 0 Å². The van der Waals surface area contributed by atoms with Gasteiger partial charge in [0, 0.05) is 6.20 Å². The number of nitrogens with zero attached hydrogens (tertiary/aromatic N) is 4. The van der Waals surface area contributed by atoms with E-state index in [0.29, 0.717) is 5.69 Å². The molecule has 2 aromatic heterocycles. The molecule has 0 unspecified atom stereocenters. The lowest BCUT2D eigenvalue weighted by molar-refractivity contribution is 0.580. The molecule has 24 heavy (non-hydrogen) atoms. The van der Waals surface area contributed by atoms with E-state index in [1.54, 1.807) is 47.5 Å². The summed E-state index contributed by atoms with van der Waals surface area (Å²) in [7, 11) is -3.59. The summed E-state index contributed by atoms with van der Waals surface area (Å²) in [4.78, 5) is 4.25. The number of hydrogen-bond donors (Lipinski definition) is 1. The first kappa shape index (κ1) is 16.3. The van der Waals surface area contributed by atoms with E-state index in [0.717, 1.165) is 16.8 Å². The van der Waals surface area contributed by atoms with Crippen LogP contribution in [0.4, 0.5) is 0 Å². The first-order valence-electron chi connectivity index (χ1n) is 7.34. The molecule has 0 aliphatic carbocycles. The Kier molecular flexibility index (Phi) is 4.41. The maximum absolute atomic E-state index is 12.4. The molecule has 1 aromatic carbocycles. The van der Waals surface area contributed by atoms with E-state index in [2.05, 4.69) is 20.0 Å². The Bertz CT molecular complexity index is 952. The third-order valence-electron chi connectivity index (χ3n) is 3.68. The number of nitrogens with one attached hydrogen (secondary N) is 1. The third-order valence-corrected chi connectivity index (χ3v) is 5.08. The van der Waals surface area contributed by atoms with Gasteiger partial charge in [0.15, 0.2) is 0 Å². The molecule has 0 saturated carbocycles. The second-order valence-corrected chi connectivity index (χ2v) is 7.20. The number of benzene rings is 1. The van der Waals surface area contributed by atoms with Gasteiger partial charge in [0.25, 0.3) is 0 Å². The molecule has 3 aromatic rings. The van der Waals surface area contributed by atoms with Gasteiger partial charge in [-0.3, -0.25) is 4.98 Å². The van der Waals surface area contributed by atoms with E-state index in [-0.39, 0.29) is 11.4 Å². The van der Waals surface area contributed by atoms with Crippen molar-refractivity contribution >= 4 is 10.0 Å². The van der Waals surface area contributed by atoms with Crippen LogP contribution in [0.3, 0.4) is 0 Å². The minimum Gasteiger partial charge on any atom is -0.262 e. The van der Waals surface area contributed by atoms with E-state index in [9.17, 15) is 8.42 Å². The van der Waals surface area contributed by atoms with Crippen molar-refractivity contribution in [1.29, 1.82) is 0 Å². The van der Waals surface area contributed by atoms with Crippen molar-refractivity contribution in [1.82, 2.24) is 24.7 Å². The topological polar surface area (TPSA) is 89.8 Å². The number of aryl methyl sites for hydroxylation is 2. The van der Waals surface area contributed by atoms with Crippen LogP contribution in [0.15, 0.2) is 53.8 Å². The monoisotopic (exact) mass is 343 g/mol. The zero-order valence-electron chi connectivity index (χ0n) is 13.3. The second kappa shape index (κ2) is 6.50. The molecule has 3 rings (SSSR count). The molecular formula is C16H17N5O2S. The Hall–Kier alpha value is -2.58. The fourth-order valence-corrected chi connectivity index (χ4v) is 3.21. The predicted molar refractivity (Wildman–Crippen MR) is 89.1 cm³/mol. The largest absolute Gasteiger partial charge is 0.262 e. The Labute approximate surface area is 140 Å². The number of sulfonamides is 1. The van der Waals surface area contributed by atoms with Crippen molar-refractivity contribution in [3.8, 4) is 5.69 Å². The van der Waals surface area contributed by atoms with E-state index >= 15 is 0 Å². The normalized spacial score (nSPS) is 11.6. The van der Waals surface area contributed by atoms with Gasteiger partial charge in [0.2, 0.25) is 10.0 Å². The minimum atomic E-state index is -3.59. The van der Waals surface area contributed by atoms with Gasteiger partial charge in [-0.25, -0.2) is 17.8 Å². The fourth-order valence-electron chi connectivity index (χ4n) is 2.13. The van der Waals surface area contributed by atoms with Crippen molar-refractivity contribution < 1.29 is 8.42 Å². The van der Waals surface area contributed by atoms with Crippen LogP contribution in [-0.4, -0.2) is 28.4 Å². The second-order valence-electron chi connectivity index (χ2n) is 5.44. The molecule has 2 heterocycles. The highest BCUT2D eigenvalue weighted by Gasteiger charge is 2.15. The molecule has 0 aliphatic rings. The highest BCUT2D eigenvalue weighted by Crippen LogP contribution is 2.15. The Morgan fingerprint density at radius 1 is 1.17 bits per heavy atom. The van der Waals surface area contributed by atoms with Crippen LogP contribution < -0.4 is 4.72 Å². The van der Waals surface area contributed by atoms with E-state index in [4.69, 9.17) is 0 Å². The van der Waals surface area contributed by atoms with E-state index < -0.39 is 10.0 Å². The molecule has 0 bridgehead atoms. The Morgan fingerprint density at radius 2 is 2.00 bits per heavy atom. The van der Waals surface area contributed by atoms with Crippen molar-refractivity contribution in [3.63, 3.8) is 0 Å². The van der Waals surface area contributed by atoms with Crippen LogP contribution in [0.2, 0.25) is 0 Å². The summed E-state index contributed by atoms with van der Waals surface area (Å²) in [5, 5.41) is 7.96. The highest BCUT2D eigenvalue weighted by atomic mass is 32.2. The highest BCUT2D eigenvalue weighted by molar-refractivity contribution is 7.89. The smallest absolute Gasteiger partial charge is 0.240 e. The lowest BCUT2D eigenvalue weighted by atomic mass is 10.1. The number of hydrogen-bond acceptors (Lipinski definition) is 5. The van der Waals surface area contributed by atoms with Crippen molar-refractivity contribution in [2.45, 2.75) is 25.3 Å². The number of rotatable bonds is 5. The van der Waals surface area contributed by atoms with Crippen molar-refractivity contribution in [2.75, 3.05) is 0 Å². The Balaban J connectivity index is 1.73. The van der Waals surface area contributed by atoms with Crippen LogP contribution in [0.1, 0.15) is 16.8 Å². The van der Waals surface area contributed by atoms with Gasteiger partial charge in [-0.2, -0.15) is 0 Å². The molecule has 0 saturated heterocycles. The SMILES string of the molecule is Cc1ccc(S(=O)(=O)NCc2cn(-c3cccnc3)nn2)cc1C. The summed E-state index contributed by atoms with van der Waals surface area (Å²) >= 11 is 0. The molecule has 0 spiro atoms. The van der Waals surface area contributed by atoms with Gasteiger partial charge >= 0.3 is 0 Å². The van der Waals surface area contributed by atoms with Gasteiger partial charge in [0.1, 0.15) is 0 Å². The molecule has 1 N–H and O–H groups in total. The summed E-state index contributed by atoms with van der Waals surface area (Å²) in [5.74, 6) is 0. The summed E-state index contributed by atoms with van der Waals surface area (Å²) in [6, 6.07) is 8.67. The molecule has 0 amide bonds. The van der Waals surface area contributed by atoms with Crippen LogP contribution in [0.25, 0.3) is 5.69 Å². The molecule has 0 atom stereocenters. The molecule has 0 fully saturated rings. The maximum atomic E-state index is 12.4.